The number of amides is 4. The first-order valence-electron chi connectivity index (χ1n) is 5.79. The quantitative estimate of drug-likeness (QED) is 0.526. The Hall–Kier alpha value is -3.16. The largest absolute Gasteiger partial charge is 0.482 e. The van der Waals surface area contributed by atoms with Crippen LogP contribution in [0.4, 0.5) is 4.79 Å². The van der Waals surface area contributed by atoms with Crippen molar-refractivity contribution >= 4 is 29.9 Å². The molecule has 0 radical (unpaired) electrons. The van der Waals surface area contributed by atoms with Gasteiger partial charge in [0.05, 0.1) is 0 Å². The molecule has 0 bridgehead atoms. The molecule has 8 nitrogen and oxygen atoms in total. The Bertz CT molecular complexity index is 625. The number of carbonyl (C=O) groups is 4. The van der Waals surface area contributed by atoms with Crippen LogP contribution in [-0.2, 0) is 14.4 Å². The Morgan fingerprint density at radius 2 is 1.67 bits per heavy atom. The molecule has 0 saturated carbocycles. The van der Waals surface area contributed by atoms with E-state index in [9.17, 15) is 19.2 Å². The Kier molecular flexibility index (Phi) is 3.98. The summed E-state index contributed by atoms with van der Waals surface area (Å²) in [6.07, 6.45) is 1.30. The van der Waals surface area contributed by atoms with Gasteiger partial charge in [-0.1, -0.05) is 12.1 Å². The minimum Gasteiger partial charge on any atom is -0.482 e. The lowest BCUT2D eigenvalue weighted by molar-refractivity contribution is -0.139. The van der Waals surface area contributed by atoms with E-state index in [0.29, 0.717) is 11.3 Å². The standard InChI is InChI=1S/C13H10N2O6/c16-10(17)6-21-8-3-1-7(2-4-8)5-9-11(18)14-13(20)15-12(9)19/h1-5H,6H2,(H,16,17)(H2,14,15,18,19,20). The van der Waals surface area contributed by atoms with E-state index in [1.54, 1.807) is 12.1 Å². The molecular weight excluding hydrogens is 280 g/mol. The maximum Gasteiger partial charge on any atom is 0.341 e. The molecule has 108 valence electrons. The highest BCUT2D eigenvalue weighted by Gasteiger charge is 2.27. The summed E-state index contributed by atoms with van der Waals surface area (Å²) >= 11 is 0. The average molecular weight is 290 g/mol. The number of carbonyl (C=O) groups excluding carboxylic acids is 3. The zero-order chi connectivity index (χ0) is 15.4. The average Bonchev–Trinajstić information content (AvgIpc) is 2.41. The molecule has 1 saturated heterocycles. The van der Waals surface area contributed by atoms with E-state index in [4.69, 9.17) is 9.84 Å². The van der Waals surface area contributed by atoms with Crippen molar-refractivity contribution in [3.63, 3.8) is 0 Å². The van der Waals surface area contributed by atoms with E-state index in [1.165, 1.54) is 18.2 Å². The van der Waals surface area contributed by atoms with Crippen LogP contribution in [0.25, 0.3) is 6.08 Å². The van der Waals surface area contributed by atoms with Gasteiger partial charge in [0.1, 0.15) is 11.3 Å². The van der Waals surface area contributed by atoms with Gasteiger partial charge in [-0.25, -0.2) is 9.59 Å². The number of rotatable bonds is 4. The van der Waals surface area contributed by atoms with Gasteiger partial charge in [0, 0.05) is 0 Å². The topological polar surface area (TPSA) is 122 Å². The highest BCUT2D eigenvalue weighted by molar-refractivity contribution is 6.31. The van der Waals surface area contributed by atoms with Crippen molar-refractivity contribution < 1.29 is 29.0 Å². The van der Waals surface area contributed by atoms with Crippen LogP contribution in [-0.4, -0.2) is 35.5 Å². The second kappa shape index (κ2) is 5.87. The second-order valence-electron chi connectivity index (χ2n) is 4.05. The zero-order valence-electron chi connectivity index (χ0n) is 10.6. The molecular formula is C13H10N2O6. The van der Waals surface area contributed by atoms with E-state index in [0.717, 1.165) is 0 Å². The minimum atomic E-state index is -1.10. The van der Waals surface area contributed by atoms with Crippen LogP contribution < -0.4 is 15.4 Å². The SMILES string of the molecule is O=C(O)COc1ccc(C=C2C(=O)NC(=O)NC2=O)cc1. The lowest BCUT2D eigenvalue weighted by Gasteiger charge is -2.13. The smallest absolute Gasteiger partial charge is 0.341 e. The number of barbiturate groups is 1. The van der Waals surface area contributed by atoms with Gasteiger partial charge < -0.3 is 9.84 Å². The number of urea groups is 1. The van der Waals surface area contributed by atoms with E-state index >= 15 is 0 Å². The molecule has 1 heterocycles. The van der Waals surface area contributed by atoms with Gasteiger partial charge in [-0.2, -0.15) is 0 Å². The van der Waals surface area contributed by atoms with Gasteiger partial charge in [-0.05, 0) is 23.8 Å². The fourth-order valence-corrected chi connectivity index (χ4v) is 1.58. The van der Waals surface area contributed by atoms with E-state index < -0.39 is 30.4 Å². The number of carboxylic acids is 1. The summed E-state index contributed by atoms with van der Waals surface area (Å²) in [4.78, 5) is 44.3. The fraction of sp³-hybridized carbons (Fsp3) is 0.0769. The van der Waals surface area contributed by atoms with E-state index in [2.05, 4.69) is 0 Å². The molecule has 2 rings (SSSR count). The van der Waals surface area contributed by atoms with Crippen LogP contribution >= 0.6 is 0 Å². The van der Waals surface area contributed by atoms with Crippen LogP contribution in [0, 0.1) is 0 Å². The van der Waals surface area contributed by atoms with Crippen LogP contribution in [0.3, 0.4) is 0 Å². The molecule has 3 N–H and O–H groups in total. The number of hydrogen-bond donors (Lipinski definition) is 3. The molecule has 8 heteroatoms. The van der Waals surface area contributed by atoms with Crippen molar-refractivity contribution in [1.29, 1.82) is 0 Å². The molecule has 1 aromatic carbocycles. The lowest BCUT2D eigenvalue weighted by atomic mass is 10.1. The van der Waals surface area contributed by atoms with Crippen molar-refractivity contribution in [2.75, 3.05) is 6.61 Å². The first kappa shape index (κ1) is 14.3. The predicted molar refractivity (Wildman–Crippen MR) is 69.2 cm³/mol. The number of carboxylic acid groups (broad SMARTS) is 1. The molecule has 0 aromatic heterocycles. The number of nitrogens with one attached hydrogen (secondary N) is 2. The summed E-state index contributed by atoms with van der Waals surface area (Å²) in [5, 5.41) is 12.4. The normalized spacial score (nSPS) is 14.3. The monoisotopic (exact) mass is 290 g/mol. The molecule has 0 aliphatic carbocycles. The summed E-state index contributed by atoms with van der Waals surface area (Å²) < 4.78 is 4.95. The second-order valence-corrected chi connectivity index (χ2v) is 4.05. The number of imide groups is 2. The molecule has 1 aromatic rings. The number of aliphatic carboxylic acids is 1. The van der Waals surface area contributed by atoms with Gasteiger partial charge in [0.15, 0.2) is 6.61 Å². The van der Waals surface area contributed by atoms with Crippen LogP contribution in [0.1, 0.15) is 5.56 Å². The van der Waals surface area contributed by atoms with E-state index in [1.807, 2.05) is 10.6 Å². The van der Waals surface area contributed by atoms with E-state index in [-0.39, 0.29) is 5.57 Å². The summed E-state index contributed by atoms with van der Waals surface area (Å²) in [5.74, 6) is -2.32. The van der Waals surface area contributed by atoms with Crippen molar-refractivity contribution in [2.45, 2.75) is 0 Å². The van der Waals surface area contributed by atoms with Crippen LogP contribution in [0.15, 0.2) is 29.8 Å². The Balaban J connectivity index is 2.13. The van der Waals surface area contributed by atoms with Gasteiger partial charge in [0.2, 0.25) is 0 Å². The first-order chi connectivity index (χ1) is 9.95. The molecule has 0 unspecified atom stereocenters. The van der Waals surface area contributed by atoms with Crippen molar-refractivity contribution in [1.82, 2.24) is 10.6 Å². The van der Waals surface area contributed by atoms with Gasteiger partial charge in [-0.15, -0.1) is 0 Å². The Morgan fingerprint density at radius 3 is 2.19 bits per heavy atom. The molecule has 1 fully saturated rings. The molecule has 1 aliphatic rings. The third-order valence-corrected chi connectivity index (χ3v) is 2.50. The van der Waals surface area contributed by atoms with Gasteiger partial charge in [0.25, 0.3) is 11.8 Å². The van der Waals surface area contributed by atoms with Crippen LogP contribution in [0.2, 0.25) is 0 Å². The third kappa shape index (κ3) is 3.66. The minimum absolute atomic E-state index is 0.200. The number of benzene rings is 1. The highest BCUT2D eigenvalue weighted by Crippen LogP contribution is 2.15. The summed E-state index contributed by atoms with van der Waals surface area (Å²) in [6.45, 7) is -0.465. The molecule has 1 aliphatic heterocycles. The summed E-state index contributed by atoms with van der Waals surface area (Å²) in [7, 11) is 0. The summed E-state index contributed by atoms with van der Waals surface area (Å²) in [5.41, 5.74) is 0.320. The highest BCUT2D eigenvalue weighted by atomic mass is 16.5. The number of hydrogen-bond acceptors (Lipinski definition) is 5. The molecule has 0 spiro atoms. The zero-order valence-corrected chi connectivity index (χ0v) is 10.6. The fourth-order valence-electron chi connectivity index (χ4n) is 1.58. The maximum absolute atomic E-state index is 11.5. The summed E-state index contributed by atoms with van der Waals surface area (Å²) in [6, 6.07) is 5.22. The van der Waals surface area contributed by atoms with Crippen molar-refractivity contribution in [3.8, 4) is 5.75 Å². The lowest BCUT2D eigenvalue weighted by Crippen LogP contribution is -2.51. The van der Waals surface area contributed by atoms with Gasteiger partial charge in [-0.3, -0.25) is 20.2 Å². The predicted octanol–water partition coefficient (Wildman–Crippen LogP) is -0.101. The molecule has 0 atom stereocenters. The van der Waals surface area contributed by atoms with Crippen molar-refractivity contribution in [2.24, 2.45) is 0 Å². The van der Waals surface area contributed by atoms with Gasteiger partial charge >= 0.3 is 12.0 Å². The molecule has 4 amide bonds. The van der Waals surface area contributed by atoms with Crippen LogP contribution in [0.5, 0.6) is 5.75 Å². The third-order valence-electron chi connectivity index (χ3n) is 2.50. The Morgan fingerprint density at radius 1 is 1.10 bits per heavy atom. The first-order valence-corrected chi connectivity index (χ1v) is 5.79. The Labute approximate surface area is 118 Å². The maximum atomic E-state index is 11.5. The van der Waals surface area contributed by atoms with Crippen molar-refractivity contribution in [3.05, 3.63) is 35.4 Å². The number of ether oxygens (including phenoxy) is 1. The molecule has 21 heavy (non-hydrogen) atoms.